The van der Waals surface area contributed by atoms with Gasteiger partial charge in [0.05, 0.1) is 0 Å². The standard InChI is InChI=1S/C10H17N5O/c1-7-8(11)9(13-10(12)15(7)16)14-5-3-2-4-6-14/h2-6,11H2,1H3,(H2,12,13). The molecule has 0 spiro atoms. The van der Waals surface area contributed by atoms with Gasteiger partial charge in [-0.3, -0.25) is 5.73 Å². The Morgan fingerprint density at radius 3 is 2.50 bits per heavy atom. The van der Waals surface area contributed by atoms with Crippen molar-refractivity contribution in [3.05, 3.63) is 10.9 Å². The van der Waals surface area contributed by atoms with E-state index in [0.29, 0.717) is 21.9 Å². The van der Waals surface area contributed by atoms with Crippen LogP contribution in [-0.2, 0) is 0 Å². The first-order valence-electron chi connectivity index (χ1n) is 5.51. The van der Waals surface area contributed by atoms with Gasteiger partial charge in [0.15, 0.2) is 0 Å². The second-order valence-electron chi connectivity index (χ2n) is 4.13. The maximum atomic E-state index is 11.5. The van der Waals surface area contributed by atoms with Crippen LogP contribution in [0.1, 0.15) is 25.0 Å². The average Bonchev–Trinajstić information content (AvgIpc) is 2.32. The molecule has 0 bridgehead atoms. The second kappa shape index (κ2) is 4.03. The molecule has 4 N–H and O–H groups in total. The lowest BCUT2D eigenvalue weighted by Gasteiger charge is -2.27. The van der Waals surface area contributed by atoms with Crippen LogP contribution in [-0.4, -0.2) is 18.1 Å². The van der Waals surface area contributed by atoms with E-state index >= 15 is 0 Å². The molecule has 6 nitrogen and oxygen atoms in total. The highest BCUT2D eigenvalue weighted by atomic mass is 16.5. The molecule has 16 heavy (non-hydrogen) atoms. The van der Waals surface area contributed by atoms with Gasteiger partial charge in [-0.2, -0.15) is 0 Å². The Morgan fingerprint density at radius 2 is 1.88 bits per heavy atom. The number of piperidine rings is 1. The highest BCUT2D eigenvalue weighted by Gasteiger charge is 2.22. The molecule has 0 atom stereocenters. The minimum atomic E-state index is -0.0349. The predicted octanol–water partition coefficient (Wildman–Crippen LogP) is 0.178. The van der Waals surface area contributed by atoms with Gasteiger partial charge < -0.3 is 15.8 Å². The first-order valence-corrected chi connectivity index (χ1v) is 5.51. The Kier molecular flexibility index (Phi) is 2.72. The highest BCUT2D eigenvalue weighted by molar-refractivity contribution is 5.65. The van der Waals surface area contributed by atoms with Crippen LogP contribution in [0, 0.1) is 12.1 Å². The van der Waals surface area contributed by atoms with Gasteiger partial charge in [-0.25, -0.2) is 4.73 Å². The summed E-state index contributed by atoms with van der Waals surface area (Å²) in [5.41, 5.74) is 12.3. The summed E-state index contributed by atoms with van der Waals surface area (Å²) < 4.78 is 0.572. The molecule has 0 unspecified atom stereocenters. The molecular weight excluding hydrogens is 206 g/mol. The van der Waals surface area contributed by atoms with Gasteiger partial charge in [0.1, 0.15) is 11.4 Å². The first-order chi connectivity index (χ1) is 7.61. The van der Waals surface area contributed by atoms with Crippen LogP contribution in [0.2, 0.25) is 0 Å². The smallest absolute Gasteiger partial charge is 0.392 e. The van der Waals surface area contributed by atoms with E-state index in [-0.39, 0.29) is 5.95 Å². The summed E-state index contributed by atoms with van der Waals surface area (Å²) in [7, 11) is 0. The first kappa shape index (κ1) is 10.8. The van der Waals surface area contributed by atoms with E-state index in [2.05, 4.69) is 9.88 Å². The summed E-state index contributed by atoms with van der Waals surface area (Å²) in [4.78, 5) is 6.19. The van der Waals surface area contributed by atoms with Gasteiger partial charge in [0.25, 0.3) is 0 Å². The zero-order valence-corrected chi connectivity index (χ0v) is 9.44. The number of nitrogens with zero attached hydrogens (tertiary/aromatic N) is 3. The number of nitrogen functional groups attached to an aromatic ring is 2. The maximum Gasteiger partial charge on any atom is 0.392 e. The van der Waals surface area contributed by atoms with Crippen molar-refractivity contribution in [3.8, 4) is 0 Å². The molecule has 1 aromatic heterocycles. The Balaban J connectivity index is 2.40. The molecule has 2 rings (SSSR count). The molecule has 0 saturated carbocycles. The van der Waals surface area contributed by atoms with Crippen molar-refractivity contribution >= 4 is 17.5 Å². The van der Waals surface area contributed by atoms with Crippen LogP contribution < -0.4 is 21.1 Å². The number of hydrogen-bond donors (Lipinski definition) is 2. The number of hydrogen-bond acceptors (Lipinski definition) is 5. The monoisotopic (exact) mass is 223 g/mol. The third kappa shape index (κ3) is 1.70. The van der Waals surface area contributed by atoms with E-state index < -0.39 is 0 Å². The molecule has 1 aliphatic rings. The van der Waals surface area contributed by atoms with Gasteiger partial charge in [0, 0.05) is 13.1 Å². The van der Waals surface area contributed by atoms with E-state index in [0.717, 1.165) is 25.9 Å². The Hall–Kier alpha value is -1.72. The van der Waals surface area contributed by atoms with Crippen LogP contribution >= 0.6 is 0 Å². The van der Waals surface area contributed by atoms with E-state index in [1.807, 2.05) is 0 Å². The third-order valence-corrected chi connectivity index (χ3v) is 3.02. The summed E-state index contributed by atoms with van der Waals surface area (Å²) in [5.74, 6) is 0.620. The van der Waals surface area contributed by atoms with Crippen molar-refractivity contribution in [2.75, 3.05) is 29.5 Å². The molecule has 0 aromatic carbocycles. The minimum absolute atomic E-state index is 0.0349. The predicted molar refractivity (Wildman–Crippen MR) is 62.8 cm³/mol. The molecule has 88 valence electrons. The molecule has 0 aliphatic carbocycles. The number of rotatable bonds is 1. The Bertz CT molecular complexity index is 401. The molecule has 0 amide bonds. The number of aromatic nitrogens is 2. The maximum absolute atomic E-state index is 11.5. The topological polar surface area (TPSA) is 95.1 Å². The van der Waals surface area contributed by atoms with Crippen LogP contribution in [0.3, 0.4) is 0 Å². The second-order valence-corrected chi connectivity index (χ2v) is 4.13. The summed E-state index contributed by atoms with van der Waals surface area (Å²) >= 11 is 0. The fourth-order valence-electron chi connectivity index (χ4n) is 2.00. The van der Waals surface area contributed by atoms with E-state index in [9.17, 15) is 5.21 Å². The summed E-state index contributed by atoms with van der Waals surface area (Å²) in [6.45, 7) is 3.52. The fourth-order valence-corrected chi connectivity index (χ4v) is 2.00. The van der Waals surface area contributed by atoms with E-state index in [1.165, 1.54) is 6.42 Å². The van der Waals surface area contributed by atoms with Crippen LogP contribution in [0.25, 0.3) is 0 Å². The largest absolute Gasteiger partial charge is 0.740 e. The van der Waals surface area contributed by atoms with Crippen LogP contribution in [0.15, 0.2) is 0 Å². The van der Waals surface area contributed by atoms with E-state index in [4.69, 9.17) is 11.5 Å². The van der Waals surface area contributed by atoms with Crippen LogP contribution in [0.5, 0.6) is 0 Å². The van der Waals surface area contributed by atoms with Gasteiger partial charge in [0.2, 0.25) is 5.82 Å². The van der Waals surface area contributed by atoms with Crippen LogP contribution in [0.4, 0.5) is 17.5 Å². The van der Waals surface area contributed by atoms with Gasteiger partial charge in [-0.05, 0) is 26.2 Å². The lowest BCUT2D eigenvalue weighted by atomic mass is 10.1. The third-order valence-electron chi connectivity index (χ3n) is 3.02. The Labute approximate surface area is 94.5 Å². The van der Waals surface area contributed by atoms with Crippen molar-refractivity contribution in [2.24, 2.45) is 0 Å². The lowest BCUT2D eigenvalue weighted by Crippen LogP contribution is -2.39. The van der Waals surface area contributed by atoms with Gasteiger partial charge in [-0.1, -0.05) is 4.98 Å². The molecule has 1 saturated heterocycles. The van der Waals surface area contributed by atoms with Crippen molar-refractivity contribution in [1.29, 1.82) is 0 Å². The average molecular weight is 223 g/mol. The lowest BCUT2D eigenvalue weighted by molar-refractivity contribution is -0.598. The number of anilines is 3. The van der Waals surface area contributed by atoms with Crippen molar-refractivity contribution in [2.45, 2.75) is 26.2 Å². The highest BCUT2D eigenvalue weighted by Crippen LogP contribution is 2.25. The van der Waals surface area contributed by atoms with E-state index in [1.54, 1.807) is 6.92 Å². The van der Waals surface area contributed by atoms with Crippen molar-refractivity contribution in [1.82, 2.24) is 4.98 Å². The van der Waals surface area contributed by atoms with Gasteiger partial charge in [-0.15, -0.1) is 0 Å². The minimum Gasteiger partial charge on any atom is -0.740 e. The molecule has 0 radical (unpaired) electrons. The summed E-state index contributed by atoms with van der Waals surface area (Å²) in [6, 6.07) is 0. The fraction of sp³-hybridized carbons (Fsp3) is 0.600. The zero-order valence-electron chi connectivity index (χ0n) is 9.44. The molecular formula is C10H17N5O. The summed E-state index contributed by atoms with van der Waals surface area (Å²) in [6.07, 6.45) is 3.50. The normalized spacial score (nSPS) is 16.4. The molecule has 1 aromatic rings. The molecule has 2 heterocycles. The Morgan fingerprint density at radius 1 is 1.25 bits per heavy atom. The molecule has 1 fully saturated rings. The summed E-state index contributed by atoms with van der Waals surface area (Å²) in [5, 5.41) is 11.5. The van der Waals surface area contributed by atoms with Gasteiger partial charge >= 0.3 is 5.95 Å². The SMILES string of the molecule is Cc1c(N)c(N2CCCCC2)nc(N)[n+]1[O-]. The molecule has 6 heteroatoms. The van der Waals surface area contributed by atoms with Crippen molar-refractivity contribution < 1.29 is 4.73 Å². The quantitative estimate of drug-likeness (QED) is 0.523. The van der Waals surface area contributed by atoms with Crippen molar-refractivity contribution in [3.63, 3.8) is 0 Å². The zero-order chi connectivity index (χ0) is 11.7. The number of nitrogens with two attached hydrogens (primary N) is 2. The molecule has 1 aliphatic heterocycles.